The molecule has 0 N–H and O–H groups in total. The van der Waals surface area contributed by atoms with Crippen LogP contribution >= 0.6 is 0 Å². The van der Waals surface area contributed by atoms with Crippen LogP contribution in [-0.4, -0.2) is 5.92 Å². The fourth-order valence-electron chi connectivity index (χ4n) is 2.66. The number of hydrogen-bond donors (Lipinski definition) is 0. The fourth-order valence-corrected chi connectivity index (χ4v) is 13.1. The maximum Gasteiger partial charge on any atom is -1.00 e. The molecule has 18 heavy (non-hydrogen) atoms. The SMILES string of the molecule is CCC1=C(C)c2ccccc2[CH]1[Zr+2][SiH](C)C.[Cl-].[Cl-]. The third kappa shape index (κ3) is 3.60. The molecule has 1 atom stereocenters. The predicted octanol–water partition coefficient (Wildman–Crippen LogP) is -2.00. The first-order valence-corrected chi connectivity index (χ1v) is 14.8. The molecule has 0 bridgehead atoms. The minimum atomic E-state index is -0.326. The zero-order chi connectivity index (χ0) is 11.7. The van der Waals surface area contributed by atoms with E-state index in [1.807, 2.05) is 0 Å². The van der Waals surface area contributed by atoms with Crippen molar-refractivity contribution in [3.63, 3.8) is 0 Å². The molecule has 4 heteroatoms. The predicted molar refractivity (Wildman–Crippen MR) is 70.9 cm³/mol. The van der Waals surface area contributed by atoms with Crippen molar-refractivity contribution in [2.75, 3.05) is 0 Å². The Morgan fingerprint density at radius 3 is 2.33 bits per heavy atom. The Balaban J connectivity index is 0.00000144. The van der Waals surface area contributed by atoms with E-state index in [1.165, 1.54) is 6.42 Å². The second-order valence-electron chi connectivity index (χ2n) is 4.85. The zero-order valence-electron chi connectivity index (χ0n) is 11.4. The molecule has 0 aromatic heterocycles. The quantitative estimate of drug-likeness (QED) is 0.534. The van der Waals surface area contributed by atoms with Crippen LogP contribution < -0.4 is 24.8 Å². The Labute approximate surface area is 136 Å². The summed E-state index contributed by atoms with van der Waals surface area (Å²) in [5.74, 6) is -0.326. The summed E-state index contributed by atoms with van der Waals surface area (Å²) in [6.45, 7) is 9.74. The second-order valence-corrected chi connectivity index (χ2v) is 19.9. The molecule has 1 aromatic carbocycles. The van der Waals surface area contributed by atoms with E-state index in [-0.39, 0.29) is 53.1 Å². The molecule has 1 aliphatic rings. The van der Waals surface area contributed by atoms with Gasteiger partial charge in [-0.15, -0.1) is 0 Å². The molecule has 0 radical (unpaired) electrons. The van der Waals surface area contributed by atoms with Gasteiger partial charge in [0, 0.05) is 0 Å². The van der Waals surface area contributed by atoms with Crippen molar-refractivity contribution in [3.8, 4) is 0 Å². The summed E-state index contributed by atoms with van der Waals surface area (Å²) in [6.07, 6.45) is 1.26. The van der Waals surface area contributed by atoms with Crippen LogP contribution in [0.15, 0.2) is 29.8 Å². The molecule has 1 aromatic rings. The van der Waals surface area contributed by atoms with Gasteiger partial charge in [-0.3, -0.25) is 0 Å². The molecule has 98 valence electrons. The average Bonchev–Trinajstić information content (AvgIpc) is 2.52. The Morgan fingerprint density at radius 2 is 1.78 bits per heavy atom. The molecule has 0 saturated heterocycles. The summed E-state index contributed by atoms with van der Waals surface area (Å²) in [5, 5.41) is 0. The largest absolute Gasteiger partial charge is 1.00 e. The Kier molecular flexibility index (Phi) is 8.33. The number of allylic oxidation sites excluding steroid dienone is 2. The van der Waals surface area contributed by atoms with E-state index >= 15 is 0 Å². The van der Waals surface area contributed by atoms with E-state index in [0.29, 0.717) is 0 Å². The van der Waals surface area contributed by atoms with Gasteiger partial charge in [0.2, 0.25) is 0 Å². The van der Waals surface area contributed by atoms with Gasteiger partial charge in [-0.1, -0.05) is 0 Å². The van der Waals surface area contributed by atoms with Gasteiger partial charge in [-0.25, -0.2) is 0 Å². The first kappa shape index (κ1) is 18.6. The molecular formula is C14H20Cl2SiZr. The van der Waals surface area contributed by atoms with Gasteiger partial charge >= 0.3 is 112 Å². The molecule has 0 amide bonds. The molecule has 0 fully saturated rings. The summed E-state index contributed by atoms with van der Waals surface area (Å²) in [7, 11) is 0. The van der Waals surface area contributed by atoms with E-state index < -0.39 is 0 Å². The van der Waals surface area contributed by atoms with Crippen LogP contribution in [0.4, 0.5) is 0 Å². The van der Waals surface area contributed by atoms with Crippen molar-refractivity contribution in [3.05, 3.63) is 41.0 Å². The van der Waals surface area contributed by atoms with Crippen LogP contribution in [0.1, 0.15) is 35.0 Å². The van der Waals surface area contributed by atoms with Gasteiger partial charge in [-0.05, 0) is 0 Å². The standard InChI is InChI=1S/C12H13.C2H7Si.2ClH.Zr/c1-3-10-8-11-6-4-5-7-12(11)9(10)2;1-3-2;;;/h4-8H,3H2,1-2H3;3H,1-2H3;2*1H;/q;;;;+2/p-2. The van der Waals surface area contributed by atoms with E-state index in [4.69, 9.17) is 0 Å². The first-order chi connectivity index (χ1) is 7.65. The molecule has 0 nitrogen and oxygen atoms in total. The summed E-state index contributed by atoms with van der Waals surface area (Å²) >= 11 is -0.192. The van der Waals surface area contributed by atoms with E-state index in [0.717, 1.165) is 3.63 Å². The smallest absolute Gasteiger partial charge is 1.00 e. The first-order valence-electron chi connectivity index (χ1n) is 6.20. The van der Waals surface area contributed by atoms with Crippen molar-refractivity contribution < 1.29 is 47.2 Å². The van der Waals surface area contributed by atoms with Crippen molar-refractivity contribution in [1.82, 2.24) is 0 Å². The molecule has 2 rings (SSSR count). The Morgan fingerprint density at radius 1 is 1.17 bits per heavy atom. The summed E-state index contributed by atoms with van der Waals surface area (Å²) in [5.41, 5.74) is 6.59. The van der Waals surface area contributed by atoms with Gasteiger partial charge in [0.15, 0.2) is 0 Å². The summed E-state index contributed by atoms with van der Waals surface area (Å²) in [6, 6.07) is 9.11. The van der Waals surface area contributed by atoms with Crippen LogP contribution in [0.3, 0.4) is 0 Å². The van der Waals surface area contributed by atoms with E-state index in [2.05, 4.69) is 51.2 Å². The van der Waals surface area contributed by atoms with Gasteiger partial charge < -0.3 is 24.8 Å². The number of fused-ring (bicyclic) bond motifs is 1. The molecule has 1 unspecified atom stereocenters. The minimum absolute atomic E-state index is 0. The van der Waals surface area contributed by atoms with Gasteiger partial charge in [0.05, 0.1) is 0 Å². The van der Waals surface area contributed by atoms with Crippen molar-refractivity contribution in [2.45, 2.75) is 37.0 Å². The third-order valence-electron chi connectivity index (χ3n) is 3.39. The molecule has 0 heterocycles. The third-order valence-corrected chi connectivity index (χ3v) is 13.4. The molecule has 0 spiro atoms. The number of benzene rings is 1. The van der Waals surface area contributed by atoms with Crippen molar-refractivity contribution in [1.29, 1.82) is 0 Å². The summed E-state index contributed by atoms with van der Waals surface area (Å²) < 4.78 is 0.913. The maximum atomic E-state index is 2.54. The van der Waals surface area contributed by atoms with Crippen LogP contribution in [0.5, 0.6) is 0 Å². The van der Waals surface area contributed by atoms with E-state index in [1.54, 1.807) is 22.3 Å². The van der Waals surface area contributed by atoms with Crippen LogP contribution in [0.25, 0.3) is 5.57 Å². The summed E-state index contributed by atoms with van der Waals surface area (Å²) in [4.78, 5) is 0. The zero-order valence-corrected chi connectivity index (χ0v) is 16.6. The maximum absolute atomic E-state index is 2.54. The van der Waals surface area contributed by atoms with Gasteiger partial charge in [-0.2, -0.15) is 0 Å². The Bertz CT molecular complexity index is 430. The topological polar surface area (TPSA) is 0 Å². The average molecular weight is 379 g/mol. The van der Waals surface area contributed by atoms with Crippen molar-refractivity contribution in [2.24, 2.45) is 0 Å². The molecule has 0 saturated carbocycles. The van der Waals surface area contributed by atoms with E-state index in [9.17, 15) is 0 Å². The van der Waals surface area contributed by atoms with Crippen LogP contribution in [0, 0.1) is 0 Å². The molecule has 0 aliphatic heterocycles. The second kappa shape index (κ2) is 8.04. The van der Waals surface area contributed by atoms with Gasteiger partial charge in [0.25, 0.3) is 0 Å². The number of halogens is 2. The fraction of sp³-hybridized carbons (Fsp3) is 0.429. The Hall–Kier alpha value is 0.640. The normalized spacial score (nSPS) is 16.8. The molecular weight excluding hydrogens is 358 g/mol. The number of rotatable bonds is 3. The monoisotopic (exact) mass is 376 g/mol. The van der Waals surface area contributed by atoms with Crippen LogP contribution in [0.2, 0.25) is 13.1 Å². The minimum Gasteiger partial charge on any atom is -1.00 e. The van der Waals surface area contributed by atoms with Crippen LogP contribution in [-0.2, 0) is 22.4 Å². The molecule has 1 aliphatic carbocycles. The van der Waals surface area contributed by atoms with Crippen molar-refractivity contribution >= 4 is 11.5 Å². The van der Waals surface area contributed by atoms with Gasteiger partial charge in [0.1, 0.15) is 0 Å². The number of hydrogen-bond acceptors (Lipinski definition) is 0.